The Morgan fingerprint density at radius 1 is 1.15 bits per heavy atom. The molecule has 33 heavy (non-hydrogen) atoms. The van der Waals surface area contributed by atoms with Crippen molar-refractivity contribution in [1.29, 1.82) is 0 Å². The van der Waals surface area contributed by atoms with Gasteiger partial charge < -0.3 is 29.2 Å². The minimum atomic E-state index is -1.03. The number of fused-ring (bicyclic) bond motifs is 3. The first-order valence-electron chi connectivity index (χ1n) is 10.1. The standard InChI is InChI=1S/C20H18ClNO3.C4H7NO3/c1-23-18-7-3-6-15(20(18)24-2)19-16-11-13(21)8-9-17(16)22-10-4-5-14(22)12-25-19;1-3(6)5-2-4(7)8/h3-11,19H,12H2,1-2H3;2H2,1H3,(H,5,6)(H,7,8)/t19-;/m1./s1. The number of aliphatic carboxylic acids is 1. The number of para-hydroxylation sites is 1. The van der Waals surface area contributed by atoms with Crippen molar-refractivity contribution in [2.45, 2.75) is 19.6 Å². The van der Waals surface area contributed by atoms with E-state index in [-0.39, 0.29) is 18.6 Å². The average molecular weight is 473 g/mol. The number of aromatic nitrogens is 1. The van der Waals surface area contributed by atoms with Gasteiger partial charge in [0.15, 0.2) is 11.5 Å². The van der Waals surface area contributed by atoms with Crippen LogP contribution in [0.3, 0.4) is 0 Å². The highest BCUT2D eigenvalue weighted by molar-refractivity contribution is 6.30. The first kappa shape index (κ1) is 24.2. The molecule has 0 fully saturated rings. The monoisotopic (exact) mass is 472 g/mol. The van der Waals surface area contributed by atoms with Crippen molar-refractivity contribution in [1.82, 2.24) is 9.88 Å². The third-order valence-electron chi connectivity index (χ3n) is 4.97. The zero-order valence-corrected chi connectivity index (χ0v) is 19.3. The van der Waals surface area contributed by atoms with Crippen LogP contribution in [0.15, 0.2) is 54.7 Å². The maximum Gasteiger partial charge on any atom is 0.322 e. The number of nitrogens with zero attached hydrogens (tertiary/aromatic N) is 1. The molecule has 0 saturated carbocycles. The Hall–Kier alpha value is -3.49. The van der Waals surface area contributed by atoms with Gasteiger partial charge in [0.1, 0.15) is 12.6 Å². The number of halogens is 1. The highest BCUT2D eigenvalue weighted by atomic mass is 35.5. The largest absolute Gasteiger partial charge is 0.493 e. The van der Waals surface area contributed by atoms with Gasteiger partial charge in [0.2, 0.25) is 5.91 Å². The van der Waals surface area contributed by atoms with Crippen LogP contribution in [0.5, 0.6) is 11.5 Å². The lowest BCUT2D eigenvalue weighted by Gasteiger charge is -2.22. The Morgan fingerprint density at radius 2 is 1.94 bits per heavy atom. The summed E-state index contributed by atoms with van der Waals surface area (Å²) in [4.78, 5) is 19.7. The van der Waals surface area contributed by atoms with E-state index >= 15 is 0 Å². The number of carboxylic acid groups (broad SMARTS) is 1. The van der Waals surface area contributed by atoms with Gasteiger partial charge in [-0.15, -0.1) is 0 Å². The SMILES string of the molecule is CC(=O)NCC(=O)O.COc1cccc([C@H]2OCc3cccn3-c3ccc(Cl)cc32)c1OC. The van der Waals surface area contributed by atoms with E-state index in [0.717, 1.165) is 22.5 Å². The van der Waals surface area contributed by atoms with Crippen molar-refractivity contribution in [3.8, 4) is 17.2 Å². The molecular formula is C24H25ClN2O6. The summed E-state index contributed by atoms with van der Waals surface area (Å²) in [7, 11) is 3.27. The molecule has 0 saturated heterocycles. The minimum absolute atomic E-state index is 0.296. The summed E-state index contributed by atoms with van der Waals surface area (Å²) >= 11 is 6.30. The Bertz CT molecular complexity index is 1130. The van der Waals surface area contributed by atoms with Gasteiger partial charge in [-0.3, -0.25) is 9.59 Å². The van der Waals surface area contributed by atoms with Crippen LogP contribution in [-0.4, -0.2) is 42.3 Å². The third kappa shape index (κ3) is 5.66. The van der Waals surface area contributed by atoms with Gasteiger partial charge in [-0.25, -0.2) is 0 Å². The fourth-order valence-electron chi connectivity index (χ4n) is 3.56. The first-order valence-corrected chi connectivity index (χ1v) is 10.5. The Balaban J connectivity index is 0.000000331. The fraction of sp³-hybridized carbons (Fsp3) is 0.250. The first-order chi connectivity index (χ1) is 15.8. The number of hydrogen-bond donors (Lipinski definition) is 2. The van der Waals surface area contributed by atoms with Crippen molar-refractivity contribution in [2.24, 2.45) is 0 Å². The number of amides is 1. The lowest BCUT2D eigenvalue weighted by molar-refractivity contribution is -0.137. The summed E-state index contributed by atoms with van der Waals surface area (Å²) in [6.07, 6.45) is 1.73. The maximum atomic E-state index is 9.97. The van der Waals surface area contributed by atoms with Crippen molar-refractivity contribution in [3.63, 3.8) is 0 Å². The number of ether oxygens (including phenoxy) is 3. The predicted molar refractivity (Wildman–Crippen MR) is 123 cm³/mol. The second-order valence-electron chi connectivity index (χ2n) is 7.15. The third-order valence-corrected chi connectivity index (χ3v) is 5.20. The van der Waals surface area contributed by atoms with Crippen LogP contribution in [0.2, 0.25) is 5.02 Å². The van der Waals surface area contributed by atoms with E-state index < -0.39 is 5.97 Å². The molecule has 2 heterocycles. The molecule has 1 amide bonds. The molecule has 9 heteroatoms. The van der Waals surface area contributed by atoms with Crippen molar-refractivity contribution >= 4 is 23.5 Å². The molecule has 0 spiro atoms. The fourth-order valence-corrected chi connectivity index (χ4v) is 3.74. The molecule has 1 aliphatic rings. The normalized spacial score (nSPS) is 14.0. The summed E-state index contributed by atoms with van der Waals surface area (Å²) in [6, 6.07) is 15.8. The number of carboxylic acids is 1. The van der Waals surface area contributed by atoms with Crippen LogP contribution in [0.25, 0.3) is 5.69 Å². The molecule has 2 N–H and O–H groups in total. The van der Waals surface area contributed by atoms with Crippen LogP contribution < -0.4 is 14.8 Å². The van der Waals surface area contributed by atoms with E-state index in [1.807, 2.05) is 48.7 Å². The molecule has 1 aromatic heterocycles. The summed E-state index contributed by atoms with van der Waals surface area (Å²) in [5.41, 5.74) is 4.05. The van der Waals surface area contributed by atoms with Gasteiger partial charge in [0, 0.05) is 35.0 Å². The lowest BCUT2D eigenvalue weighted by atomic mass is 9.98. The van der Waals surface area contributed by atoms with Crippen LogP contribution in [-0.2, 0) is 20.9 Å². The molecule has 0 aliphatic carbocycles. The summed E-state index contributed by atoms with van der Waals surface area (Å²) in [5.74, 6) is -0.00357. The molecule has 2 aromatic carbocycles. The number of methoxy groups -OCH3 is 2. The summed E-state index contributed by atoms with van der Waals surface area (Å²) < 4.78 is 19.5. The van der Waals surface area contributed by atoms with Gasteiger partial charge in [0.05, 0.1) is 26.5 Å². The van der Waals surface area contributed by atoms with Gasteiger partial charge in [-0.05, 0) is 36.4 Å². The number of rotatable bonds is 5. The van der Waals surface area contributed by atoms with E-state index in [1.54, 1.807) is 14.2 Å². The van der Waals surface area contributed by atoms with Crippen LogP contribution in [0, 0.1) is 0 Å². The highest BCUT2D eigenvalue weighted by Gasteiger charge is 2.28. The van der Waals surface area contributed by atoms with E-state index in [2.05, 4.69) is 16.0 Å². The van der Waals surface area contributed by atoms with E-state index in [4.69, 9.17) is 30.9 Å². The molecule has 4 rings (SSSR count). The molecular weight excluding hydrogens is 448 g/mol. The van der Waals surface area contributed by atoms with Crippen LogP contribution in [0.1, 0.15) is 29.8 Å². The van der Waals surface area contributed by atoms with Gasteiger partial charge in [-0.2, -0.15) is 0 Å². The molecule has 0 unspecified atom stereocenters. The Kier molecular flexibility index (Phi) is 7.97. The minimum Gasteiger partial charge on any atom is -0.493 e. The van der Waals surface area contributed by atoms with Crippen LogP contribution >= 0.6 is 11.6 Å². The average Bonchev–Trinajstić information content (AvgIpc) is 3.21. The number of benzene rings is 2. The van der Waals surface area contributed by atoms with Gasteiger partial charge in [0.25, 0.3) is 0 Å². The van der Waals surface area contributed by atoms with Crippen LogP contribution in [0.4, 0.5) is 0 Å². The van der Waals surface area contributed by atoms with E-state index in [0.29, 0.717) is 23.1 Å². The second kappa shape index (κ2) is 10.9. The van der Waals surface area contributed by atoms with Gasteiger partial charge >= 0.3 is 5.97 Å². The number of carbonyl (C=O) groups is 2. The molecule has 1 aliphatic heterocycles. The van der Waals surface area contributed by atoms with Crippen molar-refractivity contribution in [2.75, 3.05) is 20.8 Å². The quantitative estimate of drug-likeness (QED) is 0.583. The second-order valence-corrected chi connectivity index (χ2v) is 7.59. The highest BCUT2D eigenvalue weighted by Crippen LogP contribution is 2.43. The summed E-state index contributed by atoms with van der Waals surface area (Å²) in [5, 5.41) is 10.7. The predicted octanol–water partition coefficient (Wildman–Crippen LogP) is 3.97. The topological polar surface area (TPSA) is 99.0 Å². The Morgan fingerprint density at radius 3 is 2.58 bits per heavy atom. The van der Waals surface area contributed by atoms with Gasteiger partial charge in [-0.1, -0.05) is 23.7 Å². The number of nitrogens with one attached hydrogen (secondary N) is 1. The lowest BCUT2D eigenvalue weighted by Crippen LogP contribution is -2.26. The zero-order chi connectivity index (χ0) is 24.0. The molecule has 0 radical (unpaired) electrons. The number of carbonyl (C=O) groups excluding carboxylic acids is 1. The van der Waals surface area contributed by atoms with E-state index in [1.165, 1.54) is 6.92 Å². The van der Waals surface area contributed by atoms with Crippen molar-refractivity contribution < 1.29 is 28.9 Å². The molecule has 3 aromatic rings. The number of hydrogen-bond acceptors (Lipinski definition) is 5. The molecule has 0 bridgehead atoms. The Labute approximate surface area is 196 Å². The smallest absolute Gasteiger partial charge is 0.322 e. The van der Waals surface area contributed by atoms with E-state index in [9.17, 15) is 9.59 Å². The molecule has 1 atom stereocenters. The van der Waals surface area contributed by atoms with Crippen molar-refractivity contribution in [3.05, 3.63) is 76.6 Å². The molecule has 8 nitrogen and oxygen atoms in total. The molecule has 174 valence electrons. The summed E-state index contributed by atoms with van der Waals surface area (Å²) in [6.45, 7) is 1.46. The zero-order valence-electron chi connectivity index (χ0n) is 18.5. The maximum absolute atomic E-state index is 9.97.